The fourth-order valence-electron chi connectivity index (χ4n) is 2.99. The molecule has 1 amide bonds. The Balaban J connectivity index is 1.65. The molecule has 3 aromatic rings. The van der Waals surface area contributed by atoms with E-state index in [1.807, 2.05) is 24.3 Å². The average Bonchev–Trinajstić information content (AvgIpc) is 3.20. The maximum atomic E-state index is 11.6. The highest BCUT2D eigenvalue weighted by Crippen LogP contribution is 2.19. The first kappa shape index (κ1) is 21.9. The molecule has 0 fully saturated rings. The number of aryl methyl sites for hydroxylation is 1. The van der Waals surface area contributed by atoms with Gasteiger partial charge in [-0.05, 0) is 29.0 Å². The highest BCUT2D eigenvalue weighted by molar-refractivity contribution is 5.88. The molecule has 31 heavy (non-hydrogen) atoms. The third-order valence-electron chi connectivity index (χ3n) is 4.59. The number of anilines is 1. The molecule has 0 spiro atoms. The van der Waals surface area contributed by atoms with Gasteiger partial charge in [0.1, 0.15) is 5.82 Å². The second-order valence-corrected chi connectivity index (χ2v) is 6.85. The van der Waals surface area contributed by atoms with Crippen molar-refractivity contribution < 1.29 is 14.7 Å². The summed E-state index contributed by atoms with van der Waals surface area (Å²) in [6.45, 7) is 2.59. The van der Waals surface area contributed by atoms with Crippen molar-refractivity contribution in [3.63, 3.8) is 0 Å². The molecule has 0 saturated carbocycles. The fraction of sp³-hybridized carbons (Fsp3) is 0.333. The third-order valence-corrected chi connectivity index (χ3v) is 4.59. The van der Waals surface area contributed by atoms with E-state index in [4.69, 9.17) is 4.84 Å². The first-order valence-corrected chi connectivity index (χ1v) is 10.0. The minimum atomic E-state index is -1.02. The van der Waals surface area contributed by atoms with Gasteiger partial charge in [-0.15, -0.1) is 5.10 Å². The van der Waals surface area contributed by atoms with Gasteiger partial charge in [0.05, 0.1) is 11.9 Å². The Kier molecular flexibility index (Phi) is 7.63. The Bertz CT molecular complexity index is 1040. The maximum Gasteiger partial charge on any atom is 0.413 e. The molecule has 0 saturated heterocycles. The Morgan fingerprint density at radius 3 is 2.81 bits per heavy atom. The van der Waals surface area contributed by atoms with Crippen LogP contribution in [0.2, 0.25) is 0 Å². The first-order valence-electron chi connectivity index (χ1n) is 10.0. The Morgan fingerprint density at radius 2 is 2.06 bits per heavy atom. The third kappa shape index (κ3) is 5.84. The largest absolute Gasteiger partial charge is 0.465 e. The summed E-state index contributed by atoms with van der Waals surface area (Å²) in [4.78, 5) is 22.7. The summed E-state index contributed by atoms with van der Waals surface area (Å²) in [6, 6.07) is 12.8. The molecule has 1 aromatic carbocycles. The Labute approximate surface area is 180 Å². The SMILES string of the molecule is CCCCCN(C(=O)O)c1cccc(CON=Cc2ccccc2-c2nnnn2C)n1. The predicted octanol–water partition coefficient (Wildman–Crippen LogP) is 3.50. The van der Waals surface area contributed by atoms with Crippen LogP contribution in [0.4, 0.5) is 10.6 Å². The monoisotopic (exact) mass is 423 g/mol. The minimum absolute atomic E-state index is 0.112. The number of tetrazole rings is 1. The standard InChI is InChI=1S/C21H25N7O3/c1-3-4-7-13-28(21(29)30)19-12-8-10-17(23-19)15-31-22-14-16-9-5-6-11-18(16)20-24-25-26-27(20)2/h5-6,8-12,14H,3-4,7,13,15H2,1-2H3,(H,29,30). The predicted molar refractivity (Wildman–Crippen MR) is 116 cm³/mol. The first-order chi connectivity index (χ1) is 15.1. The topological polar surface area (TPSA) is 119 Å². The molecule has 0 aliphatic heterocycles. The summed E-state index contributed by atoms with van der Waals surface area (Å²) >= 11 is 0. The fourth-order valence-corrected chi connectivity index (χ4v) is 2.99. The minimum Gasteiger partial charge on any atom is -0.465 e. The highest BCUT2D eigenvalue weighted by Gasteiger charge is 2.15. The molecule has 0 unspecified atom stereocenters. The van der Waals surface area contributed by atoms with Crippen molar-refractivity contribution in [1.82, 2.24) is 25.2 Å². The molecule has 1 N–H and O–H groups in total. The highest BCUT2D eigenvalue weighted by atomic mass is 16.6. The molecule has 0 aliphatic carbocycles. The van der Waals surface area contributed by atoms with Crippen LogP contribution in [-0.2, 0) is 18.5 Å². The van der Waals surface area contributed by atoms with Crippen molar-refractivity contribution in [2.45, 2.75) is 32.8 Å². The van der Waals surface area contributed by atoms with Crippen LogP contribution in [-0.4, -0.2) is 49.2 Å². The molecule has 3 rings (SSSR count). The van der Waals surface area contributed by atoms with Gasteiger partial charge in [-0.1, -0.05) is 55.3 Å². The molecule has 2 aromatic heterocycles. The zero-order valence-corrected chi connectivity index (χ0v) is 17.5. The van der Waals surface area contributed by atoms with E-state index in [9.17, 15) is 9.90 Å². The van der Waals surface area contributed by atoms with Gasteiger partial charge in [0.15, 0.2) is 12.4 Å². The van der Waals surface area contributed by atoms with E-state index >= 15 is 0 Å². The summed E-state index contributed by atoms with van der Waals surface area (Å²) in [6.07, 6.45) is 3.34. The summed E-state index contributed by atoms with van der Waals surface area (Å²) in [5, 5.41) is 25.1. The molecule has 0 bridgehead atoms. The molecule has 10 nitrogen and oxygen atoms in total. The Hall–Kier alpha value is -3.82. The smallest absolute Gasteiger partial charge is 0.413 e. The number of hydrogen-bond donors (Lipinski definition) is 1. The normalized spacial score (nSPS) is 11.0. The van der Waals surface area contributed by atoms with Crippen molar-refractivity contribution in [1.29, 1.82) is 0 Å². The number of nitrogens with zero attached hydrogens (tertiary/aromatic N) is 7. The summed E-state index contributed by atoms with van der Waals surface area (Å²) < 4.78 is 1.58. The lowest BCUT2D eigenvalue weighted by Gasteiger charge is -2.18. The number of unbranched alkanes of at least 4 members (excludes halogenated alkanes) is 2. The van der Waals surface area contributed by atoms with Crippen molar-refractivity contribution >= 4 is 18.1 Å². The zero-order valence-electron chi connectivity index (χ0n) is 17.5. The number of pyridine rings is 1. The van der Waals surface area contributed by atoms with E-state index in [0.717, 1.165) is 30.4 Å². The number of carbonyl (C=O) groups is 1. The second-order valence-electron chi connectivity index (χ2n) is 6.85. The number of carboxylic acid groups (broad SMARTS) is 1. The second kappa shape index (κ2) is 10.8. The zero-order chi connectivity index (χ0) is 22.1. The lowest BCUT2D eigenvalue weighted by molar-refractivity contribution is 0.129. The maximum absolute atomic E-state index is 11.6. The quantitative estimate of drug-likeness (QED) is 0.301. The van der Waals surface area contributed by atoms with Gasteiger partial charge >= 0.3 is 6.09 Å². The van der Waals surface area contributed by atoms with Crippen LogP contribution in [0.3, 0.4) is 0 Å². The van der Waals surface area contributed by atoms with Crippen LogP contribution in [0.25, 0.3) is 11.4 Å². The summed E-state index contributed by atoms with van der Waals surface area (Å²) in [5.74, 6) is 1.00. The van der Waals surface area contributed by atoms with Gasteiger partial charge in [-0.3, -0.25) is 4.90 Å². The van der Waals surface area contributed by atoms with Crippen LogP contribution in [0.5, 0.6) is 0 Å². The number of hydrogen-bond acceptors (Lipinski definition) is 7. The van der Waals surface area contributed by atoms with Crippen LogP contribution in [0.1, 0.15) is 37.4 Å². The van der Waals surface area contributed by atoms with Crippen molar-refractivity contribution in [3.05, 3.63) is 53.7 Å². The molecular weight excluding hydrogens is 398 g/mol. The Morgan fingerprint density at radius 1 is 1.23 bits per heavy atom. The molecule has 10 heteroatoms. The number of amides is 1. The van der Waals surface area contributed by atoms with E-state index in [0.29, 0.717) is 23.9 Å². The van der Waals surface area contributed by atoms with Gasteiger partial charge in [0.2, 0.25) is 0 Å². The van der Waals surface area contributed by atoms with Gasteiger partial charge in [-0.25, -0.2) is 14.5 Å². The van der Waals surface area contributed by atoms with Crippen LogP contribution in [0, 0.1) is 0 Å². The molecular formula is C21H25N7O3. The molecule has 0 aliphatic rings. The van der Waals surface area contributed by atoms with Crippen LogP contribution in [0.15, 0.2) is 47.6 Å². The van der Waals surface area contributed by atoms with Crippen LogP contribution >= 0.6 is 0 Å². The number of rotatable bonds is 10. The number of oxime groups is 1. The van der Waals surface area contributed by atoms with E-state index < -0.39 is 6.09 Å². The molecule has 2 heterocycles. The average molecular weight is 423 g/mol. The van der Waals surface area contributed by atoms with Gasteiger partial charge in [-0.2, -0.15) is 0 Å². The van der Waals surface area contributed by atoms with E-state index in [-0.39, 0.29) is 6.61 Å². The van der Waals surface area contributed by atoms with Crippen LogP contribution < -0.4 is 4.90 Å². The molecule has 0 radical (unpaired) electrons. The number of aromatic nitrogens is 5. The van der Waals surface area contributed by atoms with Gasteiger partial charge < -0.3 is 9.94 Å². The van der Waals surface area contributed by atoms with E-state index in [1.165, 1.54) is 4.90 Å². The summed E-state index contributed by atoms with van der Waals surface area (Å²) in [7, 11) is 1.76. The summed E-state index contributed by atoms with van der Waals surface area (Å²) in [5.41, 5.74) is 2.21. The van der Waals surface area contributed by atoms with Gasteiger partial charge in [0, 0.05) is 24.7 Å². The van der Waals surface area contributed by atoms with Crippen molar-refractivity contribution in [3.8, 4) is 11.4 Å². The lowest BCUT2D eigenvalue weighted by Crippen LogP contribution is -2.31. The van der Waals surface area contributed by atoms with Crippen molar-refractivity contribution in [2.24, 2.45) is 12.2 Å². The molecule has 162 valence electrons. The van der Waals surface area contributed by atoms with Gasteiger partial charge in [0.25, 0.3) is 0 Å². The van der Waals surface area contributed by atoms with E-state index in [1.54, 1.807) is 36.1 Å². The van der Waals surface area contributed by atoms with Crippen molar-refractivity contribution in [2.75, 3.05) is 11.4 Å². The number of benzene rings is 1. The van der Waals surface area contributed by atoms with E-state index in [2.05, 4.69) is 32.6 Å². The lowest BCUT2D eigenvalue weighted by atomic mass is 10.1. The molecule has 0 atom stereocenters.